The van der Waals surface area contributed by atoms with Gasteiger partial charge in [-0.15, -0.1) is 0 Å². The van der Waals surface area contributed by atoms with Gasteiger partial charge in [-0.2, -0.15) is 0 Å². The van der Waals surface area contributed by atoms with Crippen LogP contribution in [-0.4, -0.2) is 9.97 Å². The Kier molecular flexibility index (Phi) is 2.69. The molecule has 2 aromatic heterocycles. The van der Waals surface area contributed by atoms with E-state index in [2.05, 4.69) is 9.97 Å². The van der Waals surface area contributed by atoms with E-state index in [0.717, 1.165) is 16.9 Å². The van der Waals surface area contributed by atoms with Crippen LogP contribution in [0.4, 0.5) is 0 Å². The molecule has 0 aliphatic heterocycles. The number of fused-ring (bicyclic) bond motifs is 1. The monoisotopic (exact) mass is 276 g/mol. The molecule has 0 atom stereocenters. The fourth-order valence-corrected chi connectivity index (χ4v) is 2.35. The van der Waals surface area contributed by atoms with Crippen LogP contribution in [0.25, 0.3) is 22.4 Å². The summed E-state index contributed by atoms with van der Waals surface area (Å²) in [6, 6.07) is 9.35. The average molecular weight is 277 g/mol. The number of para-hydroxylation sites is 1. The fraction of sp³-hybridized carbons (Fsp3) is 0.0769. The summed E-state index contributed by atoms with van der Waals surface area (Å²) in [6.45, 7) is 1.86. The maximum absolute atomic E-state index is 6.08. The number of hydrogen-bond donors (Lipinski definition) is 1. The van der Waals surface area contributed by atoms with Gasteiger partial charge in [-0.05, 0) is 19.1 Å². The number of furan rings is 1. The molecule has 0 aliphatic rings. The van der Waals surface area contributed by atoms with Gasteiger partial charge in [0.1, 0.15) is 10.5 Å². The Balaban J connectivity index is 2.25. The van der Waals surface area contributed by atoms with Crippen molar-refractivity contribution in [3.05, 3.63) is 45.8 Å². The molecule has 3 aromatic rings. The van der Waals surface area contributed by atoms with Gasteiger partial charge in [0.2, 0.25) is 0 Å². The Morgan fingerprint density at radius 3 is 2.89 bits per heavy atom. The second kappa shape index (κ2) is 4.23. The molecule has 90 valence electrons. The van der Waals surface area contributed by atoms with Crippen molar-refractivity contribution in [2.45, 2.75) is 6.92 Å². The van der Waals surface area contributed by atoms with Gasteiger partial charge in [-0.3, -0.25) is 0 Å². The van der Waals surface area contributed by atoms with E-state index in [9.17, 15) is 0 Å². The van der Waals surface area contributed by atoms with Crippen molar-refractivity contribution in [3.63, 3.8) is 0 Å². The summed E-state index contributed by atoms with van der Waals surface area (Å²) < 4.78 is 6.29. The van der Waals surface area contributed by atoms with Gasteiger partial charge in [0.25, 0.3) is 0 Å². The third kappa shape index (κ3) is 1.94. The molecule has 0 unspecified atom stereocenters. The summed E-state index contributed by atoms with van der Waals surface area (Å²) in [7, 11) is 0. The quantitative estimate of drug-likeness (QED) is 0.665. The highest BCUT2D eigenvalue weighted by Gasteiger charge is 2.09. The zero-order chi connectivity index (χ0) is 12.7. The molecule has 1 N–H and O–H groups in total. The molecule has 0 amide bonds. The van der Waals surface area contributed by atoms with Gasteiger partial charge >= 0.3 is 0 Å². The highest BCUT2D eigenvalue weighted by atomic mass is 35.5. The second-order valence-corrected chi connectivity index (χ2v) is 4.81. The van der Waals surface area contributed by atoms with E-state index in [1.165, 1.54) is 0 Å². The number of H-pyrrole nitrogens is 1. The predicted octanol–water partition coefficient (Wildman–Crippen LogP) is 4.51. The van der Waals surface area contributed by atoms with E-state index in [1.807, 2.05) is 25.1 Å². The Morgan fingerprint density at radius 1 is 1.33 bits per heavy atom. The first-order chi connectivity index (χ1) is 8.63. The minimum absolute atomic E-state index is 0.535. The number of hydrogen-bond acceptors (Lipinski definition) is 3. The summed E-state index contributed by atoms with van der Waals surface area (Å²) in [5, 5.41) is 1.56. The lowest BCUT2D eigenvalue weighted by Crippen LogP contribution is -1.89. The van der Waals surface area contributed by atoms with Crippen molar-refractivity contribution < 1.29 is 4.42 Å². The Bertz CT molecular complexity index is 791. The van der Waals surface area contributed by atoms with Crippen LogP contribution < -0.4 is 0 Å². The smallest absolute Gasteiger partial charge is 0.153 e. The number of rotatable bonds is 1. The zero-order valence-electron chi connectivity index (χ0n) is 9.53. The molecule has 3 nitrogen and oxygen atoms in total. The summed E-state index contributed by atoms with van der Waals surface area (Å²) in [5.74, 6) is 1.46. The third-order valence-corrected chi connectivity index (χ3v) is 3.13. The number of aromatic nitrogens is 2. The SMILES string of the molecule is Cc1nc(=S)cc(-c2cc3cccc(Cl)c3o2)[nH]1. The number of aryl methyl sites for hydroxylation is 1. The minimum Gasteiger partial charge on any atom is -0.453 e. The molecule has 0 spiro atoms. The van der Waals surface area contributed by atoms with Crippen molar-refractivity contribution in [1.29, 1.82) is 0 Å². The van der Waals surface area contributed by atoms with Crippen molar-refractivity contribution >= 4 is 34.8 Å². The number of nitrogens with zero attached hydrogens (tertiary/aromatic N) is 1. The van der Waals surface area contributed by atoms with E-state index in [1.54, 1.807) is 12.1 Å². The number of benzene rings is 1. The van der Waals surface area contributed by atoms with Crippen LogP contribution in [0.3, 0.4) is 0 Å². The molecule has 0 fully saturated rings. The van der Waals surface area contributed by atoms with Gasteiger partial charge in [-0.25, -0.2) is 4.98 Å². The molecule has 3 rings (SSSR count). The van der Waals surface area contributed by atoms with Gasteiger partial charge < -0.3 is 9.40 Å². The van der Waals surface area contributed by atoms with Crippen LogP contribution >= 0.6 is 23.8 Å². The lowest BCUT2D eigenvalue weighted by atomic mass is 10.2. The first-order valence-corrected chi connectivity index (χ1v) is 6.18. The van der Waals surface area contributed by atoms with E-state index in [0.29, 0.717) is 21.0 Å². The van der Waals surface area contributed by atoms with E-state index < -0.39 is 0 Å². The minimum atomic E-state index is 0.535. The molecular weight excluding hydrogens is 268 g/mol. The molecule has 0 saturated carbocycles. The Labute approximate surface area is 113 Å². The maximum Gasteiger partial charge on any atom is 0.153 e. The van der Waals surface area contributed by atoms with Crippen molar-refractivity contribution in [3.8, 4) is 11.5 Å². The molecule has 0 aliphatic carbocycles. The lowest BCUT2D eigenvalue weighted by Gasteiger charge is -1.98. The van der Waals surface area contributed by atoms with Gasteiger partial charge in [0.15, 0.2) is 11.3 Å². The van der Waals surface area contributed by atoms with Gasteiger partial charge in [0.05, 0.1) is 10.7 Å². The van der Waals surface area contributed by atoms with Crippen LogP contribution in [0.15, 0.2) is 34.7 Å². The van der Waals surface area contributed by atoms with Crippen LogP contribution in [0.2, 0.25) is 5.02 Å². The van der Waals surface area contributed by atoms with Crippen LogP contribution in [0.1, 0.15) is 5.82 Å². The molecule has 1 aromatic carbocycles. The van der Waals surface area contributed by atoms with Crippen molar-refractivity contribution in [2.24, 2.45) is 0 Å². The van der Waals surface area contributed by atoms with Crippen LogP contribution in [0.5, 0.6) is 0 Å². The second-order valence-electron chi connectivity index (χ2n) is 3.99. The van der Waals surface area contributed by atoms with Gasteiger partial charge in [-0.1, -0.05) is 36.0 Å². The van der Waals surface area contributed by atoms with Crippen LogP contribution in [-0.2, 0) is 0 Å². The summed E-state index contributed by atoms with van der Waals surface area (Å²) in [4.78, 5) is 7.25. The maximum atomic E-state index is 6.08. The predicted molar refractivity (Wildman–Crippen MR) is 74.4 cm³/mol. The molecule has 2 heterocycles. The molecule has 18 heavy (non-hydrogen) atoms. The Hall–Kier alpha value is -1.65. The first kappa shape index (κ1) is 11.4. The molecule has 0 bridgehead atoms. The van der Waals surface area contributed by atoms with E-state index in [4.69, 9.17) is 28.2 Å². The third-order valence-electron chi connectivity index (χ3n) is 2.62. The summed E-state index contributed by atoms with van der Waals surface area (Å²) in [5.41, 5.74) is 1.49. The Morgan fingerprint density at radius 2 is 2.17 bits per heavy atom. The number of nitrogens with one attached hydrogen (secondary N) is 1. The zero-order valence-corrected chi connectivity index (χ0v) is 11.1. The topological polar surface area (TPSA) is 41.8 Å². The molecule has 5 heteroatoms. The van der Waals surface area contributed by atoms with Crippen LogP contribution in [0, 0.1) is 11.6 Å². The molecule has 0 saturated heterocycles. The van der Waals surface area contributed by atoms with Crippen molar-refractivity contribution in [2.75, 3.05) is 0 Å². The van der Waals surface area contributed by atoms with Crippen molar-refractivity contribution in [1.82, 2.24) is 9.97 Å². The largest absolute Gasteiger partial charge is 0.453 e. The highest BCUT2D eigenvalue weighted by molar-refractivity contribution is 7.71. The van der Waals surface area contributed by atoms with E-state index in [-0.39, 0.29) is 0 Å². The fourth-order valence-electron chi connectivity index (χ4n) is 1.87. The number of aromatic amines is 1. The van der Waals surface area contributed by atoms with Gasteiger partial charge in [0, 0.05) is 11.5 Å². The summed E-state index contributed by atoms with van der Waals surface area (Å²) in [6.07, 6.45) is 0. The highest BCUT2D eigenvalue weighted by Crippen LogP contribution is 2.31. The lowest BCUT2D eigenvalue weighted by molar-refractivity contribution is 0.628. The molecule has 0 radical (unpaired) electrons. The normalized spacial score (nSPS) is 11.0. The molecular formula is C13H9ClN2OS. The summed E-state index contributed by atoms with van der Waals surface area (Å²) >= 11 is 11.2. The standard InChI is InChI=1S/C13H9ClN2OS/c1-7-15-10(6-12(18)16-7)11-5-8-3-2-4-9(14)13(8)17-11/h2-6H,1H3,(H,15,16,18). The van der Waals surface area contributed by atoms with E-state index >= 15 is 0 Å². The average Bonchev–Trinajstić information content (AvgIpc) is 2.73. The first-order valence-electron chi connectivity index (χ1n) is 5.40. The number of halogens is 1.